The average molecular weight is 375 g/mol. The van der Waals surface area contributed by atoms with Gasteiger partial charge in [-0.1, -0.05) is 73.5 Å². The lowest BCUT2D eigenvalue weighted by atomic mass is 10.2. The summed E-state index contributed by atoms with van der Waals surface area (Å²) in [6.45, 7) is 0.978. The van der Waals surface area contributed by atoms with E-state index in [4.69, 9.17) is 4.74 Å². The van der Waals surface area contributed by atoms with Gasteiger partial charge in [-0.05, 0) is 24.0 Å². The molecule has 4 rings (SSSR count). The first-order valence-electron chi connectivity index (χ1n) is 9.87. The molecule has 0 spiro atoms. The van der Waals surface area contributed by atoms with Gasteiger partial charge in [0, 0.05) is 12.2 Å². The third-order valence-electron chi connectivity index (χ3n) is 5.07. The molecule has 0 bridgehead atoms. The van der Waals surface area contributed by atoms with Crippen molar-refractivity contribution >= 4 is 5.91 Å². The molecule has 1 heterocycles. The summed E-state index contributed by atoms with van der Waals surface area (Å²) >= 11 is 0. The van der Waals surface area contributed by atoms with Crippen LogP contribution in [0.15, 0.2) is 66.9 Å². The van der Waals surface area contributed by atoms with Crippen molar-refractivity contribution in [2.24, 2.45) is 0 Å². The maximum atomic E-state index is 12.9. The van der Waals surface area contributed by atoms with Gasteiger partial charge in [-0.3, -0.25) is 9.48 Å². The maximum absolute atomic E-state index is 12.9. The molecule has 0 unspecified atom stereocenters. The largest absolute Gasteiger partial charge is 0.471 e. The van der Waals surface area contributed by atoms with E-state index in [0.29, 0.717) is 24.6 Å². The van der Waals surface area contributed by atoms with E-state index in [1.807, 2.05) is 60.7 Å². The molecule has 0 radical (unpaired) electrons. The molecule has 3 aromatic rings. The lowest BCUT2D eigenvalue weighted by Gasteiger charge is -2.11. The maximum Gasteiger partial charge on any atom is 0.258 e. The summed E-state index contributed by atoms with van der Waals surface area (Å²) in [5.74, 6) is 0.282. The Balaban J connectivity index is 1.53. The predicted octanol–water partition coefficient (Wildman–Crippen LogP) is 4.18. The number of nitrogens with zero attached hydrogens (tertiary/aromatic N) is 2. The highest BCUT2D eigenvalue weighted by Crippen LogP contribution is 2.22. The number of hydrogen-bond acceptors (Lipinski definition) is 3. The second-order valence-electron chi connectivity index (χ2n) is 7.26. The summed E-state index contributed by atoms with van der Waals surface area (Å²) in [5, 5.41) is 7.69. The van der Waals surface area contributed by atoms with E-state index in [-0.39, 0.29) is 11.9 Å². The summed E-state index contributed by atoms with van der Waals surface area (Å²) in [7, 11) is 0. The van der Waals surface area contributed by atoms with E-state index in [9.17, 15) is 4.79 Å². The van der Waals surface area contributed by atoms with Gasteiger partial charge in [0.15, 0.2) is 0 Å². The van der Waals surface area contributed by atoms with Crippen LogP contribution in [-0.2, 0) is 13.2 Å². The van der Waals surface area contributed by atoms with Crippen LogP contribution in [-0.4, -0.2) is 21.7 Å². The van der Waals surface area contributed by atoms with Gasteiger partial charge in [-0.25, -0.2) is 0 Å². The first kappa shape index (κ1) is 18.3. The van der Waals surface area contributed by atoms with Crippen molar-refractivity contribution in [1.82, 2.24) is 15.1 Å². The van der Waals surface area contributed by atoms with Gasteiger partial charge < -0.3 is 10.1 Å². The molecule has 28 heavy (non-hydrogen) atoms. The van der Waals surface area contributed by atoms with Crippen molar-refractivity contribution in [3.63, 3.8) is 0 Å². The van der Waals surface area contributed by atoms with E-state index < -0.39 is 0 Å². The zero-order valence-corrected chi connectivity index (χ0v) is 15.9. The smallest absolute Gasteiger partial charge is 0.258 e. The molecule has 0 saturated heterocycles. The third kappa shape index (κ3) is 4.60. The molecule has 0 aliphatic heterocycles. The van der Waals surface area contributed by atoms with E-state index in [1.54, 1.807) is 10.9 Å². The summed E-state index contributed by atoms with van der Waals surface area (Å²) in [6, 6.07) is 20.2. The number of rotatable bonds is 7. The molecule has 0 atom stereocenters. The van der Waals surface area contributed by atoms with Gasteiger partial charge in [0.05, 0.1) is 6.54 Å². The average Bonchev–Trinajstić information content (AvgIpc) is 3.38. The number of carbonyl (C=O) groups excluding carboxylic acids is 1. The van der Waals surface area contributed by atoms with Gasteiger partial charge in [-0.15, -0.1) is 5.10 Å². The fourth-order valence-electron chi connectivity index (χ4n) is 3.58. The van der Waals surface area contributed by atoms with Crippen LogP contribution in [0.5, 0.6) is 5.88 Å². The van der Waals surface area contributed by atoms with Crippen LogP contribution < -0.4 is 10.1 Å². The van der Waals surface area contributed by atoms with E-state index >= 15 is 0 Å². The van der Waals surface area contributed by atoms with Crippen LogP contribution in [0.4, 0.5) is 0 Å². The molecule has 5 nitrogen and oxygen atoms in total. The minimum absolute atomic E-state index is 0.103. The van der Waals surface area contributed by atoms with Crippen LogP contribution in [0.3, 0.4) is 0 Å². The van der Waals surface area contributed by atoms with Crippen molar-refractivity contribution in [3.8, 4) is 5.88 Å². The molecule has 1 fully saturated rings. The lowest BCUT2D eigenvalue weighted by Crippen LogP contribution is -2.32. The Morgan fingerprint density at radius 3 is 2.32 bits per heavy atom. The SMILES string of the molecule is O=C(NC1CCCC1)c1cn(Cc2ccccc2)nc1OCc1ccccc1. The summed E-state index contributed by atoms with van der Waals surface area (Å²) in [6.07, 6.45) is 6.23. The van der Waals surface area contributed by atoms with Crippen LogP contribution in [0, 0.1) is 0 Å². The molecular formula is C23H25N3O2. The Morgan fingerprint density at radius 1 is 1.00 bits per heavy atom. The Kier molecular flexibility index (Phi) is 5.71. The molecule has 1 aliphatic carbocycles. The van der Waals surface area contributed by atoms with Crippen molar-refractivity contribution in [3.05, 3.63) is 83.6 Å². The van der Waals surface area contributed by atoms with Gasteiger partial charge in [0.2, 0.25) is 5.88 Å². The Bertz CT molecular complexity index is 900. The second-order valence-corrected chi connectivity index (χ2v) is 7.26. The molecule has 1 saturated carbocycles. The minimum atomic E-state index is -0.103. The second kappa shape index (κ2) is 8.74. The van der Waals surface area contributed by atoms with E-state index in [1.165, 1.54) is 12.8 Å². The highest BCUT2D eigenvalue weighted by atomic mass is 16.5. The fraction of sp³-hybridized carbons (Fsp3) is 0.304. The molecule has 1 N–H and O–H groups in total. The molecular weight excluding hydrogens is 350 g/mol. The Labute approximate surface area is 165 Å². The Morgan fingerprint density at radius 2 is 1.64 bits per heavy atom. The normalized spacial score (nSPS) is 14.1. The first-order valence-corrected chi connectivity index (χ1v) is 9.87. The zero-order valence-electron chi connectivity index (χ0n) is 15.9. The Hall–Kier alpha value is -3.08. The number of carbonyl (C=O) groups is 1. The highest BCUT2D eigenvalue weighted by Gasteiger charge is 2.23. The van der Waals surface area contributed by atoms with Gasteiger partial charge >= 0.3 is 0 Å². The quantitative estimate of drug-likeness (QED) is 0.674. The summed E-state index contributed by atoms with van der Waals surface area (Å²) < 4.78 is 7.71. The predicted molar refractivity (Wildman–Crippen MR) is 108 cm³/mol. The molecule has 2 aromatic carbocycles. The summed E-state index contributed by atoms with van der Waals surface area (Å²) in [5.41, 5.74) is 2.67. The third-order valence-corrected chi connectivity index (χ3v) is 5.07. The van der Waals surface area contributed by atoms with E-state index in [2.05, 4.69) is 10.4 Å². The molecule has 1 aromatic heterocycles. The fourth-order valence-corrected chi connectivity index (χ4v) is 3.58. The van der Waals surface area contributed by atoms with Crippen molar-refractivity contribution < 1.29 is 9.53 Å². The van der Waals surface area contributed by atoms with Crippen molar-refractivity contribution in [1.29, 1.82) is 0 Å². The topological polar surface area (TPSA) is 56.2 Å². The standard InChI is InChI=1S/C23H25N3O2/c27-22(24-20-13-7-8-14-20)21-16-26(15-18-9-3-1-4-10-18)25-23(21)28-17-19-11-5-2-6-12-19/h1-6,9-12,16,20H,7-8,13-15,17H2,(H,24,27). The van der Waals surface area contributed by atoms with Crippen LogP contribution in [0.2, 0.25) is 0 Å². The van der Waals surface area contributed by atoms with Crippen LogP contribution in [0.25, 0.3) is 0 Å². The number of aromatic nitrogens is 2. The van der Waals surface area contributed by atoms with Crippen molar-refractivity contribution in [2.45, 2.75) is 44.9 Å². The molecule has 144 valence electrons. The van der Waals surface area contributed by atoms with Crippen LogP contribution >= 0.6 is 0 Å². The number of amides is 1. The zero-order chi connectivity index (χ0) is 19.2. The van der Waals surface area contributed by atoms with Crippen LogP contribution in [0.1, 0.15) is 47.2 Å². The van der Waals surface area contributed by atoms with Crippen molar-refractivity contribution in [2.75, 3.05) is 0 Å². The molecule has 1 amide bonds. The number of nitrogens with one attached hydrogen (secondary N) is 1. The van der Waals surface area contributed by atoms with Gasteiger partial charge in [0.1, 0.15) is 12.2 Å². The lowest BCUT2D eigenvalue weighted by molar-refractivity contribution is 0.0933. The number of hydrogen-bond donors (Lipinski definition) is 1. The molecule has 5 heteroatoms. The first-order chi connectivity index (χ1) is 13.8. The molecule has 1 aliphatic rings. The summed E-state index contributed by atoms with van der Waals surface area (Å²) in [4.78, 5) is 12.9. The number of ether oxygens (including phenoxy) is 1. The highest BCUT2D eigenvalue weighted by molar-refractivity contribution is 5.96. The monoisotopic (exact) mass is 375 g/mol. The number of benzene rings is 2. The van der Waals surface area contributed by atoms with E-state index in [0.717, 1.165) is 24.0 Å². The van der Waals surface area contributed by atoms with Gasteiger partial charge in [0.25, 0.3) is 5.91 Å². The minimum Gasteiger partial charge on any atom is -0.471 e. The van der Waals surface area contributed by atoms with Gasteiger partial charge in [-0.2, -0.15) is 0 Å².